The molecule has 0 bridgehead atoms. The number of carbonyl (C=O) groups is 3. The van der Waals surface area contributed by atoms with Gasteiger partial charge in [0.05, 0.1) is 9.38 Å². The lowest BCUT2D eigenvalue weighted by molar-refractivity contribution is -0.136. The van der Waals surface area contributed by atoms with Gasteiger partial charge in [0, 0.05) is 31.9 Å². The molecule has 2 aromatic carbocycles. The van der Waals surface area contributed by atoms with E-state index in [4.69, 9.17) is 0 Å². The van der Waals surface area contributed by atoms with E-state index in [9.17, 15) is 19.5 Å². The number of para-hydroxylation sites is 1. The quantitative estimate of drug-likeness (QED) is 0.645. The first kappa shape index (κ1) is 21.5. The molecule has 0 atom stereocenters. The van der Waals surface area contributed by atoms with Crippen LogP contribution < -0.4 is 4.90 Å². The Balaban J connectivity index is 1.37. The number of carbonyl (C=O) groups excluding carboxylic acids is 3. The number of aromatic hydroxyl groups is 1. The first-order valence-corrected chi connectivity index (χ1v) is 11.3. The zero-order valence-electron chi connectivity index (χ0n) is 16.5. The van der Waals surface area contributed by atoms with E-state index in [1.165, 1.54) is 6.07 Å². The molecule has 0 unspecified atom stereocenters. The van der Waals surface area contributed by atoms with Crippen LogP contribution >= 0.6 is 27.7 Å². The van der Waals surface area contributed by atoms with Gasteiger partial charge in [-0.1, -0.05) is 24.3 Å². The van der Waals surface area contributed by atoms with Crippen molar-refractivity contribution in [2.75, 3.05) is 37.6 Å². The van der Waals surface area contributed by atoms with Crippen molar-refractivity contribution in [2.45, 2.75) is 0 Å². The summed E-state index contributed by atoms with van der Waals surface area (Å²) < 4.78 is 0.491. The molecule has 4 rings (SSSR count). The molecule has 7 nitrogen and oxygen atoms in total. The van der Waals surface area contributed by atoms with E-state index in [-0.39, 0.29) is 23.1 Å². The standard InChI is InChI=1S/C22H20BrN3O4S/c23-17-12-15(6-7-18(17)27)13-19-21(29)26(22(30)31-19)14-20(28)25-10-8-24(9-11-25)16-4-2-1-3-5-16/h1-7,12-13,27H,8-11,14H2/b19-13+. The Hall–Kier alpha value is -2.78. The van der Waals surface area contributed by atoms with Crippen molar-refractivity contribution in [3.05, 3.63) is 63.5 Å². The lowest BCUT2D eigenvalue weighted by atomic mass is 10.2. The number of phenolic OH excluding ortho intramolecular Hbond substituents is 1. The number of piperazine rings is 1. The molecule has 3 amide bonds. The van der Waals surface area contributed by atoms with Gasteiger partial charge in [-0.05, 0) is 63.6 Å². The van der Waals surface area contributed by atoms with Crippen molar-refractivity contribution >= 4 is 56.5 Å². The van der Waals surface area contributed by atoms with Gasteiger partial charge in [0.25, 0.3) is 11.1 Å². The van der Waals surface area contributed by atoms with Crippen molar-refractivity contribution in [3.63, 3.8) is 0 Å². The Morgan fingerprint density at radius 3 is 2.45 bits per heavy atom. The van der Waals surface area contributed by atoms with Gasteiger partial charge < -0.3 is 14.9 Å². The molecule has 160 valence electrons. The second-order valence-electron chi connectivity index (χ2n) is 7.18. The number of amides is 3. The van der Waals surface area contributed by atoms with Crippen molar-refractivity contribution in [1.82, 2.24) is 9.80 Å². The fraction of sp³-hybridized carbons (Fsp3) is 0.227. The fourth-order valence-corrected chi connectivity index (χ4v) is 4.72. The third kappa shape index (κ3) is 4.77. The summed E-state index contributed by atoms with van der Waals surface area (Å²) in [6, 6.07) is 14.8. The van der Waals surface area contributed by atoms with Crippen LogP contribution in [0, 0.1) is 0 Å². The minimum absolute atomic E-state index is 0.0863. The molecule has 0 saturated carbocycles. The van der Waals surface area contributed by atoms with Crippen LogP contribution in [0.4, 0.5) is 10.5 Å². The molecule has 2 aromatic rings. The van der Waals surface area contributed by atoms with Crippen LogP contribution in [-0.4, -0.2) is 64.7 Å². The van der Waals surface area contributed by atoms with E-state index in [1.807, 2.05) is 30.3 Å². The lowest BCUT2D eigenvalue weighted by Crippen LogP contribution is -2.51. The smallest absolute Gasteiger partial charge is 0.294 e. The zero-order chi connectivity index (χ0) is 22.0. The highest BCUT2D eigenvalue weighted by Gasteiger charge is 2.37. The summed E-state index contributed by atoms with van der Waals surface area (Å²) in [5.41, 5.74) is 1.78. The average molecular weight is 502 g/mol. The zero-order valence-corrected chi connectivity index (χ0v) is 18.9. The number of hydrogen-bond donors (Lipinski definition) is 1. The van der Waals surface area contributed by atoms with Crippen molar-refractivity contribution in [3.8, 4) is 5.75 Å². The molecule has 31 heavy (non-hydrogen) atoms. The van der Waals surface area contributed by atoms with Gasteiger partial charge in [0.2, 0.25) is 5.91 Å². The predicted octanol–water partition coefficient (Wildman–Crippen LogP) is 3.54. The third-order valence-electron chi connectivity index (χ3n) is 5.19. The number of phenols is 1. The third-order valence-corrected chi connectivity index (χ3v) is 6.73. The highest BCUT2D eigenvalue weighted by atomic mass is 79.9. The van der Waals surface area contributed by atoms with Gasteiger partial charge in [-0.2, -0.15) is 0 Å². The van der Waals surface area contributed by atoms with Gasteiger partial charge in [-0.25, -0.2) is 0 Å². The fourth-order valence-electron chi connectivity index (χ4n) is 3.49. The molecule has 0 radical (unpaired) electrons. The largest absolute Gasteiger partial charge is 0.507 e. The van der Waals surface area contributed by atoms with Gasteiger partial charge in [-0.15, -0.1) is 0 Å². The van der Waals surface area contributed by atoms with Gasteiger partial charge in [-0.3, -0.25) is 19.3 Å². The molecule has 0 aliphatic carbocycles. The Bertz CT molecular complexity index is 1050. The first-order chi connectivity index (χ1) is 14.9. The van der Waals surface area contributed by atoms with E-state index in [0.29, 0.717) is 36.2 Å². The Morgan fingerprint density at radius 2 is 1.77 bits per heavy atom. The maximum atomic E-state index is 12.7. The maximum absolute atomic E-state index is 12.7. The van der Waals surface area contributed by atoms with Crippen LogP contribution in [0.25, 0.3) is 6.08 Å². The van der Waals surface area contributed by atoms with E-state index >= 15 is 0 Å². The Labute approximate surface area is 192 Å². The van der Waals surface area contributed by atoms with Crippen LogP contribution in [0.5, 0.6) is 5.75 Å². The second kappa shape index (κ2) is 9.15. The van der Waals surface area contributed by atoms with Crippen LogP contribution in [-0.2, 0) is 9.59 Å². The molecular weight excluding hydrogens is 482 g/mol. The van der Waals surface area contributed by atoms with Crippen LogP contribution in [0.3, 0.4) is 0 Å². The molecule has 2 heterocycles. The number of hydrogen-bond acceptors (Lipinski definition) is 6. The maximum Gasteiger partial charge on any atom is 0.294 e. The highest BCUT2D eigenvalue weighted by Crippen LogP contribution is 2.33. The number of benzene rings is 2. The minimum atomic E-state index is -0.476. The topological polar surface area (TPSA) is 81.2 Å². The second-order valence-corrected chi connectivity index (χ2v) is 9.03. The number of imide groups is 1. The number of halogens is 1. The molecular formula is C22H20BrN3O4S. The number of rotatable bonds is 4. The van der Waals surface area contributed by atoms with Crippen molar-refractivity contribution < 1.29 is 19.5 Å². The molecule has 0 spiro atoms. The number of thioether (sulfide) groups is 1. The van der Waals surface area contributed by atoms with Gasteiger partial charge >= 0.3 is 0 Å². The molecule has 2 aliphatic heterocycles. The monoisotopic (exact) mass is 501 g/mol. The summed E-state index contributed by atoms with van der Waals surface area (Å²) in [7, 11) is 0. The molecule has 9 heteroatoms. The molecule has 2 aliphatic rings. The normalized spacial score (nSPS) is 18.2. The summed E-state index contributed by atoms with van der Waals surface area (Å²) in [4.78, 5) is 43.0. The van der Waals surface area contributed by atoms with Crippen LogP contribution in [0.2, 0.25) is 0 Å². The summed E-state index contributed by atoms with van der Waals surface area (Å²) in [5.74, 6) is -0.623. The Kier molecular flexibility index (Phi) is 6.33. The van der Waals surface area contributed by atoms with Crippen LogP contribution in [0.1, 0.15) is 5.56 Å². The van der Waals surface area contributed by atoms with Crippen molar-refractivity contribution in [2.24, 2.45) is 0 Å². The van der Waals surface area contributed by atoms with E-state index in [0.717, 1.165) is 22.3 Å². The van der Waals surface area contributed by atoms with E-state index in [2.05, 4.69) is 20.8 Å². The summed E-state index contributed by atoms with van der Waals surface area (Å²) in [5, 5.41) is 9.14. The van der Waals surface area contributed by atoms with Gasteiger partial charge in [0.1, 0.15) is 12.3 Å². The first-order valence-electron chi connectivity index (χ1n) is 9.74. The van der Waals surface area contributed by atoms with E-state index < -0.39 is 11.1 Å². The molecule has 2 saturated heterocycles. The predicted molar refractivity (Wildman–Crippen MR) is 124 cm³/mol. The average Bonchev–Trinajstić information content (AvgIpc) is 3.04. The van der Waals surface area contributed by atoms with Crippen LogP contribution in [0.15, 0.2) is 57.9 Å². The summed E-state index contributed by atoms with van der Waals surface area (Å²) in [6.07, 6.45) is 1.58. The highest BCUT2D eigenvalue weighted by molar-refractivity contribution is 9.10. The lowest BCUT2D eigenvalue weighted by Gasteiger charge is -2.36. The van der Waals surface area contributed by atoms with Gasteiger partial charge in [0.15, 0.2) is 0 Å². The molecule has 1 N–H and O–H groups in total. The Morgan fingerprint density at radius 1 is 1.06 bits per heavy atom. The number of anilines is 1. The summed E-state index contributed by atoms with van der Waals surface area (Å²) >= 11 is 4.04. The molecule has 2 fully saturated rings. The minimum Gasteiger partial charge on any atom is -0.507 e. The van der Waals surface area contributed by atoms with E-state index in [1.54, 1.807) is 23.1 Å². The van der Waals surface area contributed by atoms with Crippen molar-refractivity contribution in [1.29, 1.82) is 0 Å². The number of nitrogens with zero attached hydrogens (tertiary/aromatic N) is 3. The SMILES string of the molecule is O=C(CN1C(=O)S/C(=C/c2ccc(O)c(Br)c2)C1=O)N1CCN(c2ccccc2)CC1. The summed E-state index contributed by atoms with van der Waals surface area (Å²) in [6.45, 7) is 2.23. The molecule has 0 aromatic heterocycles.